The first-order valence-corrected chi connectivity index (χ1v) is 7.37. The molecular formula is C16H15F2NOS. The minimum atomic E-state index is -0.345. The molecule has 1 unspecified atom stereocenters. The van der Waals surface area contributed by atoms with Gasteiger partial charge in [-0.2, -0.15) is 0 Å². The van der Waals surface area contributed by atoms with Crippen LogP contribution in [0.3, 0.4) is 0 Å². The van der Waals surface area contributed by atoms with E-state index in [0.717, 1.165) is 4.90 Å². The maximum Gasteiger partial charge on any atom is 0.233 e. The van der Waals surface area contributed by atoms with E-state index in [4.69, 9.17) is 0 Å². The highest BCUT2D eigenvalue weighted by Crippen LogP contribution is 2.23. The van der Waals surface area contributed by atoms with Crippen molar-refractivity contribution in [3.63, 3.8) is 0 Å². The summed E-state index contributed by atoms with van der Waals surface area (Å²) < 4.78 is 26.2. The van der Waals surface area contributed by atoms with E-state index >= 15 is 0 Å². The van der Waals surface area contributed by atoms with Crippen molar-refractivity contribution in [2.24, 2.45) is 0 Å². The van der Waals surface area contributed by atoms with E-state index in [2.05, 4.69) is 5.32 Å². The molecule has 0 saturated carbocycles. The fraction of sp³-hybridized carbons (Fsp3) is 0.188. The van der Waals surface area contributed by atoms with E-state index in [1.807, 2.05) is 0 Å². The second kappa shape index (κ2) is 7.22. The van der Waals surface area contributed by atoms with Gasteiger partial charge in [0.1, 0.15) is 11.6 Å². The molecule has 2 rings (SSSR count). The molecule has 1 amide bonds. The van der Waals surface area contributed by atoms with Gasteiger partial charge in [0.2, 0.25) is 5.91 Å². The Morgan fingerprint density at radius 3 is 2.48 bits per heavy atom. The summed E-state index contributed by atoms with van der Waals surface area (Å²) in [5.41, 5.74) is 0.449. The lowest BCUT2D eigenvalue weighted by atomic mass is 10.2. The quantitative estimate of drug-likeness (QED) is 0.852. The van der Waals surface area contributed by atoms with Crippen molar-refractivity contribution < 1.29 is 13.6 Å². The third kappa shape index (κ3) is 4.56. The van der Waals surface area contributed by atoms with Gasteiger partial charge in [-0.05, 0) is 37.3 Å². The summed E-state index contributed by atoms with van der Waals surface area (Å²) in [5.74, 6) is -0.833. The van der Waals surface area contributed by atoms with Crippen LogP contribution in [0.15, 0.2) is 53.4 Å². The number of benzene rings is 2. The summed E-state index contributed by atoms with van der Waals surface area (Å²) in [5, 5.41) is 2.35. The molecule has 0 aliphatic rings. The lowest BCUT2D eigenvalue weighted by molar-refractivity contribution is -0.120. The average Bonchev–Trinajstić information content (AvgIpc) is 2.48. The smallest absolute Gasteiger partial charge is 0.233 e. The number of hydrogen-bond acceptors (Lipinski definition) is 2. The first kappa shape index (κ1) is 15.5. The number of nitrogens with one attached hydrogen (secondary N) is 1. The van der Waals surface area contributed by atoms with E-state index in [9.17, 15) is 13.6 Å². The van der Waals surface area contributed by atoms with Crippen molar-refractivity contribution >= 4 is 17.7 Å². The minimum Gasteiger partial charge on any atom is -0.351 e. The van der Waals surface area contributed by atoms with Gasteiger partial charge in [0.15, 0.2) is 0 Å². The Balaban J connectivity index is 1.88. The van der Waals surface area contributed by atoms with Crippen molar-refractivity contribution in [2.75, 3.05) is 0 Å². The van der Waals surface area contributed by atoms with Crippen molar-refractivity contribution in [1.82, 2.24) is 5.32 Å². The standard InChI is InChI=1S/C16H15F2NOS/c1-11(21-14-8-6-13(17)7-9-14)16(20)19-10-12-4-2-3-5-15(12)18/h2-9,11H,10H2,1H3,(H,19,20). The maximum absolute atomic E-state index is 13.4. The Morgan fingerprint density at radius 2 is 1.81 bits per heavy atom. The van der Waals surface area contributed by atoms with E-state index < -0.39 is 0 Å². The van der Waals surface area contributed by atoms with E-state index in [0.29, 0.717) is 5.56 Å². The molecule has 0 aliphatic carbocycles. The van der Waals surface area contributed by atoms with Crippen molar-refractivity contribution in [1.29, 1.82) is 0 Å². The number of amides is 1. The van der Waals surface area contributed by atoms with Crippen LogP contribution in [0, 0.1) is 11.6 Å². The average molecular weight is 307 g/mol. The van der Waals surface area contributed by atoms with Crippen molar-refractivity contribution in [3.8, 4) is 0 Å². The van der Waals surface area contributed by atoms with E-state index in [1.165, 1.54) is 30.0 Å². The monoisotopic (exact) mass is 307 g/mol. The largest absolute Gasteiger partial charge is 0.351 e. The molecule has 2 nitrogen and oxygen atoms in total. The van der Waals surface area contributed by atoms with Gasteiger partial charge < -0.3 is 5.32 Å². The molecule has 5 heteroatoms. The van der Waals surface area contributed by atoms with Crippen LogP contribution in [0.1, 0.15) is 12.5 Å². The molecule has 0 bridgehead atoms. The van der Waals surface area contributed by atoms with Gasteiger partial charge in [0, 0.05) is 17.0 Å². The molecule has 21 heavy (non-hydrogen) atoms. The number of carbonyl (C=O) groups excluding carboxylic acids is 1. The summed E-state index contributed by atoms with van der Waals surface area (Å²) in [6.45, 7) is 1.91. The number of halogens is 2. The van der Waals surface area contributed by atoms with Crippen LogP contribution >= 0.6 is 11.8 Å². The Bertz CT molecular complexity index is 616. The van der Waals surface area contributed by atoms with Crippen LogP contribution in [-0.2, 0) is 11.3 Å². The second-order valence-electron chi connectivity index (χ2n) is 4.52. The highest BCUT2D eigenvalue weighted by molar-refractivity contribution is 8.00. The lowest BCUT2D eigenvalue weighted by Crippen LogP contribution is -2.30. The summed E-state index contributed by atoms with van der Waals surface area (Å²) in [7, 11) is 0. The van der Waals surface area contributed by atoms with Gasteiger partial charge >= 0.3 is 0 Å². The highest BCUT2D eigenvalue weighted by Gasteiger charge is 2.14. The molecular weight excluding hydrogens is 292 g/mol. The first-order chi connectivity index (χ1) is 10.1. The Hall–Kier alpha value is -1.88. The summed E-state index contributed by atoms with van der Waals surface area (Å²) in [6.07, 6.45) is 0. The Kier molecular flexibility index (Phi) is 5.33. The number of rotatable bonds is 5. The molecule has 0 saturated heterocycles. The number of carbonyl (C=O) groups is 1. The number of thioether (sulfide) groups is 1. The van der Waals surface area contributed by atoms with Crippen LogP contribution in [0.2, 0.25) is 0 Å². The van der Waals surface area contributed by atoms with Crippen LogP contribution in [0.4, 0.5) is 8.78 Å². The topological polar surface area (TPSA) is 29.1 Å². The Morgan fingerprint density at radius 1 is 1.14 bits per heavy atom. The summed E-state index contributed by atoms with van der Waals surface area (Å²) in [4.78, 5) is 12.8. The SMILES string of the molecule is CC(Sc1ccc(F)cc1)C(=O)NCc1ccccc1F. The van der Waals surface area contributed by atoms with Gasteiger partial charge in [0.05, 0.1) is 5.25 Å². The Labute approximate surface area is 126 Å². The zero-order valence-electron chi connectivity index (χ0n) is 11.5. The van der Waals surface area contributed by atoms with Gasteiger partial charge in [0.25, 0.3) is 0 Å². The maximum atomic E-state index is 13.4. The van der Waals surface area contributed by atoms with Gasteiger partial charge in [-0.15, -0.1) is 11.8 Å². The summed E-state index contributed by atoms with van der Waals surface area (Å²) in [6, 6.07) is 12.3. The third-order valence-corrected chi connectivity index (χ3v) is 4.02. The number of hydrogen-bond donors (Lipinski definition) is 1. The van der Waals surface area contributed by atoms with Crippen molar-refractivity contribution in [2.45, 2.75) is 23.6 Å². The minimum absolute atomic E-state index is 0.153. The molecule has 2 aromatic carbocycles. The molecule has 1 N–H and O–H groups in total. The fourth-order valence-electron chi connectivity index (χ4n) is 1.74. The molecule has 0 aromatic heterocycles. The van der Waals surface area contributed by atoms with Crippen LogP contribution < -0.4 is 5.32 Å². The molecule has 0 heterocycles. The predicted molar refractivity (Wildman–Crippen MR) is 80.0 cm³/mol. The molecule has 0 aliphatic heterocycles. The van der Waals surface area contributed by atoms with Crippen LogP contribution in [-0.4, -0.2) is 11.2 Å². The van der Waals surface area contributed by atoms with Crippen LogP contribution in [0.5, 0.6) is 0 Å². The van der Waals surface area contributed by atoms with E-state index in [1.54, 1.807) is 37.3 Å². The molecule has 110 valence electrons. The second-order valence-corrected chi connectivity index (χ2v) is 5.94. The molecule has 1 atom stereocenters. The third-order valence-electron chi connectivity index (χ3n) is 2.91. The molecule has 0 radical (unpaired) electrons. The first-order valence-electron chi connectivity index (χ1n) is 6.49. The predicted octanol–water partition coefficient (Wildman–Crippen LogP) is 3.76. The summed E-state index contributed by atoms with van der Waals surface area (Å²) >= 11 is 1.33. The van der Waals surface area contributed by atoms with E-state index in [-0.39, 0.29) is 29.3 Å². The zero-order chi connectivity index (χ0) is 15.2. The fourth-order valence-corrected chi connectivity index (χ4v) is 2.63. The van der Waals surface area contributed by atoms with Gasteiger partial charge in [-0.25, -0.2) is 8.78 Å². The normalized spacial score (nSPS) is 12.0. The van der Waals surface area contributed by atoms with Crippen LogP contribution in [0.25, 0.3) is 0 Å². The van der Waals surface area contributed by atoms with Crippen molar-refractivity contribution in [3.05, 3.63) is 65.7 Å². The highest BCUT2D eigenvalue weighted by atomic mass is 32.2. The molecule has 0 spiro atoms. The molecule has 0 fully saturated rings. The molecule has 2 aromatic rings. The zero-order valence-corrected chi connectivity index (χ0v) is 12.3. The lowest BCUT2D eigenvalue weighted by Gasteiger charge is -2.12. The van der Waals surface area contributed by atoms with Gasteiger partial charge in [-0.3, -0.25) is 4.79 Å². The van der Waals surface area contributed by atoms with Gasteiger partial charge in [-0.1, -0.05) is 18.2 Å².